The maximum atomic E-state index is 5.97. The Bertz CT molecular complexity index is 693. The molecule has 0 fully saturated rings. The number of halogens is 2. The first kappa shape index (κ1) is 17.4. The molecule has 0 radical (unpaired) electrons. The van der Waals surface area contributed by atoms with Crippen LogP contribution in [0, 0.1) is 7.14 Å². The molecule has 0 bridgehead atoms. The van der Waals surface area contributed by atoms with E-state index in [4.69, 9.17) is 22.7 Å². The van der Waals surface area contributed by atoms with Crippen LogP contribution < -0.4 is 15.9 Å². The molecule has 114 valence electrons. The van der Waals surface area contributed by atoms with Crippen LogP contribution in [-0.2, 0) is 6.61 Å². The molecule has 0 saturated carbocycles. The van der Waals surface area contributed by atoms with Crippen molar-refractivity contribution in [1.29, 1.82) is 0 Å². The van der Waals surface area contributed by atoms with Crippen LogP contribution in [0.25, 0.3) is 0 Å². The van der Waals surface area contributed by atoms with Crippen LogP contribution in [0.3, 0.4) is 0 Å². The number of nitrogens with zero attached hydrogens (tertiary/aromatic N) is 1. The van der Waals surface area contributed by atoms with Crippen LogP contribution in [0.5, 0.6) is 5.75 Å². The fourth-order valence-electron chi connectivity index (χ4n) is 1.72. The molecule has 3 N–H and O–H groups in total. The lowest BCUT2D eigenvalue weighted by atomic mass is 10.2. The fourth-order valence-corrected chi connectivity index (χ4v) is 3.82. The Kier molecular flexibility index (Phi) is 6.83. The number of benzene rings is 2. The van der Waals surface area contributed by atoms with E-state index in [-0.39, 0.29) is 5.11 Å². The lowest BCUT2D eigenvalue weighted by Gasteiger charge is -2.12. The molecule has 0 aromatic heterocycles. The van der Waals surface area contributed by atoms with Gasteiger partial charge in [0.25, 0.3) is 0 Å². The number of hydrogen-bond acceptors (Lipinski definition) is 3. The third kappa shape index (κ3) is 5.36. The van der Waals surface area contributed by atoms with Gasteiger partial charge in [0.1, 0.15) is 12.4 Å². The van der Waals surface area contributed by atoms with E-state index in [0.29, 0.717) is 6.61 Å². The van der Waals surface area contributed by atoms with Gasteiger partial charge in [-0.3, -0.25) is 5.43 Å². The van der Waals surface area contributed by atoms with Crippen molar-refractivity contribution < 1.29 is 4.74 Å². The smallest absolute Gasteiger partial charge is 0.184 e. The van der Waals surface area contributed by atoms with Crippen molar-refractivity contribution in [2.45, 2.75) is 6.61 Å². The molecule has 0 aliphatic carbocycles. The molecule has 2 aromatic carbocycles. The van der Waals surface area contributed by atoms with E-state index < -0.39 is 0 Å². The predicted molar refractivity (Wildman–Crippen MR) is 110 cm³/mol. The van der Waals surface area contributed by atoms with E-state index >= 15 is 0 Å². The van der Waals surface area contributed by atoms with Gasteiger partial charge in [-0.2, -0.15) is 5.10 Å². The van der Waals surface area contributed by atoms with Crippen LogP contribution in [-0.4, -0.2) is 11.3 Å². The van der Waals surface area contributed by atoms with E-state index in [0.717, 1.165) is 24.0 Å². The summed E-state index contributed by atoms with van der Waals surface area (Å²) in [5.74, 6) is 0.790. The second-order valence-corrected chi connectivity index (χ2v) is 7.16. The minimum absolute atomic E-state index is 0.128. The molecule has 0 unspecified atom stereocenters. The first-order valence-corrected chi connectivity index (χ1v) is 8.87. The van der Waals surface area contributed by atoms with Gasteiger partial charge in [0, 0.05) is 9.13 Å². The molecule has 0 aliphatic heterocycles. The Morgan fingerprint density at radius 1 is 1.27 bits per heavy atom. The number of nitrogens with one attached hydrogen (secondary N) is 1. The summed E-state index contributed by atoms with van der Waals surface area (Å²) in [6.07, 6.45) is 1.66. The lowest BCUT2D eigenvalue weighted by molar-refractivity contribution is 0.303. The number of ether oxygens (including phenoxy) is 1. The molecular weight excluding hydrogens is 524 g/mol. The maximum absolute atomic E-state index is 5.97. The second-order valence-electron chi connectivity index (χ2n) is 4.31. The zero-order chi connectivity index (χ0) is 15.9. The minimum atomic E-state index is 0.128. The number of hydrazone groups is 1. The van der Waals surface area contributed by atoms with Crippen molar-refractivity contribution in [1.82, 2.24) is 5.43 Å². The molecule has 2 rings (SSSR count). The summed E-state index contributed by atoms with van der Waals surface area (Å²) >= 11 is 9.25. The van der Waals surface area contributed by atoms with Crippen molar-refractivity contribution in [3.8, 4) is 5.75 Å². The van der Waals surface area contributed by atoms with Gasteiger partial charge in [-0.05, 0) is 75.1 Å². The van der Waals surface area contributed by atoms with Gasteiger partial charge in [-0.1, -0.05) is 30.3 Å². The summed E-state index contributed by atoms with van der Waals surface area (Å²) in [5.41, 5.74) is 9.90. The van der Waals surface area contributed by atoms with E-state index in [9.17, 15) is 0 Å². The third-order valence-electron chi connectivity index (χ3n) is 2.64. The molecule has 22 heavy (non-hydrogen) atoms. The molecule has 0 spiro atoms. The highest BCUT2D eigenvalue weighted by Gasteiger charge is 2.09. The molecule has 0 aliphatic rings. The molecule has 0 amide bonds. The summed E-state index contributed by atoms with van der Waals surface area (Å²) in [4.78, 5) is 0. The predicted octanol–water partition coefficient (Wildman–Crippen LogP) is 3.64. The normalized spacial score (nSPS) is 10.6. The fraction of sp³-hybridized carbons (Fsp3) is 0.0667. The lowest BCUT2D eigenvalue weighted by Crippen LogP contribution is -2.24. The van der Waals surface area contributed by atoms with Crippen LogP contribution in [0.4, 0.5) is 0 Å². The topological polar surface area (TPSA) is 59.6 Å². The van der Waals surface area contributed by atoms with Gasteiger partial charge in [-0.25, -0.2) is 0 Å². The van der Waals surface area contributed by atoms with Crippen molar-refractivity contribution in [3.05, 3.63) is 60.7 Å². The van der Waals surface area contributed by atoms with Gasteiger partial charge in [0.15, 0.2) is 5.11 Å². The van der Waals surface area contributed by atoms with Crippen molar-refractivity contribution in [2.24, 2.45) is 10.8 Å². The van der Waals surface area contributed by atoms with Gasteiger partial charge < -0.3 is 10.5 Å². The molecule has 7 heteroatoms. The Morgan fingerprint density at radius 3 is 2.68 bits per heavy atom. The Balaban J connectivity index is 2.21. The summed E-state index contributed by atoms with van der Waals surface area (Å²) in [7, 11) is 0. The van der Waals surface area contributed by atoms with Gasteiger partial charge >= 0.3 is 0 Å². The zero-order valence-electron chi connectivity index (χ0n) is 11.4. The van der Waals surface area contributed by atoms with E-state index in [1.807, 2.05) is 36.4 Å². The number of hydrogen-bond donors (Lipinski definition) is 2. The average molecular weight is 537 g/mol. The second kappa shape index (κ2) is 8.63. The molecule has 4 nitrogen and oxygen atoms in total. The SMILES string of the molecule is NC(=S)N/N=C\c1cc(I)cc(I)c1OCc1ccccc1. The number of thiocarbonyl (C=S) groups is 1. The highest BCUT2D eigenvalue weighted by molar-refractivity contribution is 14.1. The summed E-state index contributed by atoms with van der Waals surface area (Å²) in [6, 6.07) is 14.1. The molecule has 0 saturated heterocycles. The van der Waals surface area contributed by atoms with E-state index in [2.05, 4.69) is 61.8 Å². The Hall–Kier alpha value is -0.940. The number of rotatable bonds is 5. The van der Waals surface area contributed by atoms with E-state index in [1.54, 1.807) is 6.21 Å². The first-order valence-electron chi connectivity index (χ1n) is 6.30. The van der Waals surface area contributed by atoms with Crippen molar-refractivity contribution >= 4 is 68.7 Å². The monoisotopic (exact) mass is 537 g/mol. The van der Waals surface area contributed by atoms with Crippen molar-refractivity contribution in [2.75, 3.05) is 0 Å². The molecular formula is C15H13I2N3OS. The Labute approximate surface area is 161 Å². The standard InChI is InChI=1S/C15H13I2N3OS/c16-12-6-11(8-19-20-15(18)22)14(13(17)7-12)21-9-10-4-2-1-3-5-10/h1-8H,9H2,(H3,18,20,22)/b19-8-. The largest absolute Gasteiger partial charge is 0.487 e. The Morgan fingerprint density at radius 2 is 2.00 bits per heavy atom. The van der Waals surface area contributed by atoms with E-state index in [1.165, 1.54) is 0 Å². The van der Waals surface area contributed by atoms with Gasteiger partial charge in [-0.15, -0.1) is 0 Å². The minimum Gasteiger partial charge on any atom is -0.487 e. The summed E-state index contributed by atoms with van der Waals surface area (Å²) < 4.78 is 8.10. The summed E-state index contributed by atoms with van der Waals surface area (Å²) in [5, 5.41) is 4.14. The maximum Gasteiger partial charge on any atom is 0.184 e. The van der Waals surface area contributed by atoms with Crippen LogP contribution in [0.1, 0.15) is 11.1 Å². The number of nitrogens with two attached hydrogens (primary N) is 1. The van der Waals surface area contributed by atoms with Crippen molar-refractivity contribution in [3.63, 3.8) is 0 Å². The average Bonchev–Trinajstić information content (AvgIpc) is 2.47. The first-order chi connectivity index (χ1) is 10.6. The molecule has 0 heterocycles. The van der Waals surface area contributed by atoms with Crippen LogP contribution in [0.15, 0.2) is 47.6 Å². The molecule has 2 aromatic rings. The third-order valence-corrected chi connectivity index (χ3v) is 4.16. The highest BCUT2D eigenvalue weighted by atomic mass is 127. The quantitative estimate of drug-likeness (QED) is 0.265. The van der Waals surface area contributed by atoms with Crippen LogP contribution in [0.2, 0.25) is 0 Å². The van der Waals surface area contributed by atoms with Crippen LogP contribution >= 0.6 is 57.4 Å². The van der Waals surface area contributed by atoms with Gasteiger partial charge in [0.2, 0.25) is 0 Å². The zero-order valence-corrected chi connectivity index (χ0v) is 16.6. The highest BCUT2D eigenvalue weighted by Crippen LogP contribution is 2.28. The summed E-state index contributed by atoms with van der Waals surface area (Å²) in [6.45, 7) is 0.501. The van der Waals surface area contributed by atoms with Gasteiger partial charge in [0.05, 0.1) is 9.78 Å². The molecule has 0 atom stereocenters.